The Morgan fingerprint density at radius 2 is 1.70 bits per heavy atom. The van der Waals surface area contributed by atoms with E-state index in [-0.39, 0.29) is 28.0 Å². The maximum absolute atomic E-state index is 6.56. The summed E-state index contributed by atoms with van der Waals surface area (Å²) in [5.41, 5.74) is 6.51. The average Bonchev–Trinajstić information content (AvgIpc) is 3.00. The second-order valence-electron chi connectivity index (χ2n) is 10.7. The lowest BCUT2D eigenvalue weighted by Gasteiger charge is -2.29. The number of likely N-dealkylation sites (N-methyl/N-ethyl adjacent to an activating group) is 2. The highest BCUT2D eigenvalue weighted by molar-refractivity contribution is 6.40. The molecule has 1 aromatic rings. The quantitative estimate of drug-likeness (QED) is 0.0490. The zero-order valence-electron chi connectivity index (χ0n) is 27.3. The predicted molar refractivity (Wildman–Crippen MR) is 179 cm³/mol. The summed E-state index contributed by atoms with van der Waals surface area (Å²) >= 11 is 13.1. The molecule has 0 aliphatic carbocycles. The number of anilines is 1. The Balaban J connectivity index is 2.39. The normalized spacial score (nSPS) is 16.0. The first-order valence-electron chi connectivity index (χ1n) is 15.3. The van der Waals surface area contributed by atoms with Crippen LogP contribution in [0.4, 0.5) is 5.69 Å². The molecule has 1 fully saturated rings. The molecular formula is C31H53Cl2N7O3. The molecule has 1 saturated heterocycles. The standard InChI is InChI=1S/C31H53Cl2N7O3/c1-9-11-12-16-24(43-38-27-25(32)30(41-7)37-31(42-8)26(27)33)28(39(5)6)22(3)29(34-4)36-23(14-10-2)15-13-19-40-20-17-35-18-21-40/h15-16,29,34-36H,9-14,17-21H2,1-8H3,(H,37,38)/b23-15+,24-16+,28-22-. The molecule has 4 N–H and O–H groups in total. The predicted octanol–water partition coefficient (Wildman–Crippen LogP) is 5.77. The van der Waals surface area contributed by atoms with Gasteiger partial charge < -0.3 is 34.7 Å². The van der Waals surface area contributed by atoms with Crippen molar-refractivity contribution in [3.8, 4) is 11.8 Å². The Morgan fingerprint density at radius 1 is 1.05 bits per heavy atom. The molecule has 244 valence electrons. The van der Waals surface area contributed by atoms with E-state index in [4.69, 9.17) is 37.5 Å². The molecule has 1 aliphatic rings. The molecule has 1 atom stereocenters. The maximum Gasteiger partial charge on any atom is 0.238 e. The van der Waals surface area contributed by atoms with Crippen molar-refractivity contribution in [1.29, 1.82) is 0 Å². The molecule has 1 aliphatic heterocycles. The zero-order chi connectivity index (χ0) is 31.8. The lowest BCUT2D eigenvalue weighted by atomic mass is 10.1. The van der Waals surface area contributed by atoms with Crippen LogP contribution in [0.5, 0.6) is 11.8 Å². The highest BCUT2D eigenvalue weighted by atomic mass is 35.5. The minimum absolute atomic E-state index is 0.124. The fourth-order valence-electron chi connectivity index (χ4n) is 4.94. The highest BCUT2D eigenvalue weighted by Gasteiger charge is 2.23. The van der Waals surface area contributed by atoms with Gasteiger partial charge in [-0.3, -0.25) is 5.32 Å². The van der Waals surface area contributed by atoms with Crippen LogP contribution in [0.3, 0.4) is 0 Å². The first-order chi connectivity index (χ1) is 20.7. The van der Waals surface area contributed by atoms with E-state index in [0.717, 1.165) is 82.5 Å². The van der Waals surface area contributed by atoms with E-state index in [2.05, 4.69) is 69.1 Å². The number of ether oxygens (including phenoxy) is 2. The minimum Gasteiger partial charge on any atom is -0.480 e. The van der Waals surface area contributed by atoms with Crippen LogP contribution in [0, 0.1) is 0 Å². The van der Waals surface area contributed by atoms with Crippen LogP contribution in [0.25, 0.3) is 0 Å². The molecule has 2 rings (SSSR count). The van der Waals surface area contributed by atoms with E-state index in [0.29, 0.717) is 11.4 Å². The number of allylic oxidation sites excluding steroid dienone is 2. The van der Waals surface area contributed by atoms with Gasteiger partial charge in [-0.25, -0.2) is 5.48 Å². The average molecular weight is 643 g/mol. The Hall–Kier alpha value is -2.37. The number of nitrogens with zero attached hydrogens (tertiary/aromatic N) is 3. The van der Waals surface area contributed by atoms with Gasteiger partial charge in [-0.05, 0) is 51.3 Å². The van der Waals surface area contributed by atoms with Gasteiger partial charge >= 0.3 is 0 Å². The Bertz CT molecular complexity index is 1060. The molecule has 1 aromatic heterocycles. The first kappa shape index (κ1) is 36.8. The zero-order valence-corrected chi connectivity index (χ0v) is 28.8. The second-order valence-corrected chi connectivity index (χ2v) is 11.5. The van der Waals surface area contributed by atoms with Gasteiger partial charge in [0.05, 0.1) is 19.9 Å². The van der Waals surface area contributed by atoms with Gasteiger partial charge in [0.25, 0.3) is 0 Å². The lowest BCUT2D eigenvalue weighted by Crippen LogP contribution is -2.44. The molecule has 2 heterocycles. The molecule has 0 aromatic carbocycles. The number of aromatic nitrogens is 1. The highest BCUT2D eigenvalue weighted by Crippen LogP contribution is 2.42. The van der Waals surface area contributed by atoms with Gasteiger partial charge in [-0.15, -0.1) is 0 Å². The van der Waals surface area contributed by atoms with E-state index in [1.165, 1.54) is 19.9 Å². The third kappa shape index (κ3) is 11.2. The number of halogens is 2. The van der Waals surface area contributed by atoms with E-state index < -0.39 is 0 Å². The molecule has 0 radical (unpaired) electrons. The van der Waals surface area contributed by atoms with Crippen LogP contribution in [-0.2, 0) is 4.84 Å². The molecule has 12 heteroatoms. The second kappa shape index (κ2) is 19.8. The fraction of sp³-hybridized carbons (Fsp3) is 0.645. The Morgan fingerprint density at radius 3 is 2.23 bits per heavy atom. The number of pyridine rings is 1. The molecule has 0 bridgehead atoms. The van der Waals surface area contributed by atoms with E-state index >= 15 is 0 Å². The molecule has 1 unspecified atom stereocenters. The molecule has 0 saturated carbocycles. The summed E-state index contributed by atoms with van der Waals surface area (Å²) in [7, 11) is 8.95. The molecule has 43 heavy (non-hydrogen) atoms. The van der Waals surface area contributed by atoms with Crippen LogP contribution < -0.4 is 30.9 Å². The van der Waals surface area contributed by atoms with Crippen LogP contribution >= 0.6 is 23.2 Å². The smallest absolute Gasteiger partial charge is 0.238 e. The number of hydrogen-bond acceptors (Lipinski definition) is 10. The summed E-state index contributed by atoms with van der Waals surface area (Å²) in [6.07, 6.45) is 10.3. The van der Waals surface area contributed by atoms with E-state index in [1.54, 1.807) is 0 Å². The van der Waals surface area contributed by atoms with Crippen molar-refractivity contribution in [2.45, 2.75) is 65.5 Å². The van der Waals surface area contributed by atoms with E-state index in [9.17, 15) is 0 Å². The van der Waals surface area contributed by atoms with E-state index in [1.807, 2.05) is 21.1 Å². The fourth-order valence-corrected chi connectivity index (χ4v) is 5.49. The van der Waals surface area contributed by atoms with Crippen molar-refractivity contribution in [2.24, 2.45) is 0 Å². The molecule has 0 amide bonds. The Labute approximate surface area is 269 Å². The number of rotatable bonds is 19. The SMILES string of the molecule is CCCC/C=C(ONc1c(Cl)c(OC)nc(OC)c1Cl)\C(=C(/C)C(NC)N/C(=C/CCN1CCNCC1)CCC)N(C)C. The van der Waals surface area contributed by atoms with Crippen molar-refractivity contribution in [3.05, 3.63) is 44.9 Å². The monoisotopic (exact) mass is 641 g/mol. The summed E-state index contributed by atoms with van der Waals surface area (Å²) in [5, 5.41) is 11.0. The topological polar surface area (TPSA) is 95.2 Å². The van der Waals surface area contributed by atoms with Gasteiger partial charge in [0.2, 0.25) is 11.8 Å². The summed E-state index contributed by atoms with van der Waals surface area (Å²) in [6.45, 7) is 11.9. The van der Waals surface area contributed by atoms with Gasteiger partial charge in [-0.2, -0.15) is 4.98 Å². The third-order valence-corrected chi connectivity index (χ3v) is 7.93. The van der Waals surface area contributed by atoms with Gasteiger partial charge in [0.15, 0.2) is 5.76 Å². The van der Waals surface area contributed by atoms with Gasteiger partial charge in [-0.1, -0.05) is 56.0 Å². The molecule has 10 nitrogen and oxygen atoms in total. The number of nitrogens with one attached hydrogen (secondary N) is 4. The van der Waals surface area contributed by atoms with Crippen molar-refractivity contribution in [2.75, 3.05) is 73.6 Å². The molecule has 0 spiro atoms. The largest absolute Gasteiger partial charge is 0.480 e. The van der Waals surface area contributed by atoms with Gasteiger partial charge in [0.1, 0.15) is 21.9 Å². The third-order valence-electron chi connectivity index (χ3n) is 7.23. The molecular weight excluding hydrogens is 589 g/mol. The number of piperazine rings is 1. The van der Waals surface area contributed by atoms with Crippen LogP contribution in [0.2, 0.25) is 10.0 Å². The number of methoxy groups -OCH3 is 2. The number of hydrogen-bond donors (Lipinski definition) is 4. The van der Waals surface area contributed by atoms with Crippen molar-refractivity contribution >= 4 is 28.9 Å². The maximum atomic E-state index is 6.56. The van der Waals surface area contributed by atoms with Crippen LogP contribution in [-0.4, -0.2) is 89.0 Å². The lowest BCUT2D eigenvalue weighted by molar-refractivity contribution is 0.245. The van der Waals surface area contributed by atoms with Crippen molar-refractivity contribution in [3.63, 3.8) is 0 Å². The summed E-state index contributed by atoms with van der Waals surface area (Å²) in [5.74, 6) is 1.01. The Kier molecular flexibility index (Phi) is 17.0. The van der Waals surface area contributed by atoms with Crippen molar-refractivity contribution in [1.82, 2.24) is 30.7 Å². The summed E-state index contributed by atoms with van der Waals surface area (Å²) < 4.78 is 10.6. The first-order valence-corrected chi connectivity index (χ1v) is 16.0. The van der Waals surface area contributed by atoms with Crippen LogP contribution in [0.15, 0.2) is 34.9 Å². The van der Waals surface area contributed by atoms with Crippen LogP contribution in [0.1, 0.15) is 59.3 Å². The van der Waals surface area contributed by atoms with Gasteiger partial charge in [0, 0.05) is 52.5 Å². The summed E-state index contributed by atoms with van der Waals surface area (Å²) in [4.78, 5) is 15.1. The minimum atomic E-state index is -0.124. The number of unbranched alkanes of at least 4 members (excludes halogenated alkanes) is 2. The van der Waals surface area contributed by atoms with Crippen molar-refractivity contribution < 1.29 is 14.3 Å². The summed E-state index contributed by atoms with van der Waals surface area (Å²) in [6, 6.07) is 0.